The third kappa shape index (κ3) is 4.75. The van der Waals surface area contributed by atoms with E-state index < -0.39 is 0 Å². The fourth-order valence-corrected chi connectivity index (χ4v) is 4.36. The molecule has 1 amide bonds. The van der Waals surface area contributed by atoms with Crippen molar-refractivity contribution in [2.75, 3.05) is 13.1 Å². The van der Waals surface area contributed by atoms with E-state index in [-0.39, 0.29) is 5.91 Å². The van der Waals surface area contributed by atoms with Crippen molar-refractivity contribution in [2.24, 2.45) is 0 Å². The molecule has 8 heteroatoms. The molecule has 2 aromatic rings. The van der Waals surface area contributed by atoms with Crippen molar-refractivity contribution in [2.45, 2.75) is 25.1 Å². The zero-order valence-electron chi connectivity index (χ0n) is 13.1. The monoisotopic (exact) mass is 378 g/mol. The fourth-order valence-electron chi connectivity index (χ4n) is 2.37. The van der Waals surface area contributed by atoms with Crippen LogP contribution in [0.25, 0.3) is 0 Å². The summed E-state index contributed by atoms with van der Waals surface area (Å²) in [5, 5.41) is 12.2. The van der Waals surface area contributed by atoms with E-state index in [1.165, 1.54) is 24.2 Å². The van der Waals surface area contributed by atoms with Crippen LogP contribution in [0.1, 0.15) is 33.2 Å². The summed E-state index contributed by atoms with van der Waals surface area (Å²) in [6.07, 6.45) is 2.43. The van der Waals surface area contributed by atoms with E-state index in [1.54, 1.807) is 11.8 Å². The Bertz CT molecular complexity index is 698. The molecule has 24 heavy (non-hydrogen) atoms. The highest BCUT2D eigenvalue weighted by molar-refractivity contribution is 8.22. The lowest BCUT2D eigenvalue weighted by molar-refractivity contribution is 0.0950. The Hall–Kier alpha value is -1.51. The predicted molar refractivity (Wildman–Crippen MR) is 102 cm³/mol. The minimum absolute atomic E-state index is 0.185. The van der Waals surface area contributed by atoms with Gasteiger partial charge in [-0.15, -0.1) is 10.2 Å². The van der Waals surface area contributed by atoms with Crippen LogP contribution in [0.15, 0.2) is 30.3 Å². The van der Waals surface area contributed by atoms with E-state index in [1.807, 2.05) is 30.3 Å². The van der Waals surface area contributed by atoms with E-state index in [0.29, 0.717) is 17.3 Å². The summed E-state index contributed by atoms with van der Waals surface area (Å²) in [7, 11) is 0. The van der Waals surface area contributed by atoms with Crippen LogP contribution in [-0.4, -0.2) is 38.4 Å². The summed E-state index contributed by atoms with van der Waals surface area (Å²) in [6, 6.07) is 9.80. The summed E-state index contributed by atoms with van der Waals surface area (Å²) in [5.41, 5.74) is 1.06. The first-order chi connectivity index (χ1) is 11.7. The van der Waals surface area contributed by atoms with E-state index >= 15 is 0 Å². The maximum atomic E-state index is 12.1. The third-order valence-corrected chi connectivity index (χ3v) is 6.28. The maximum absolute atomic E-state index is 12.1. The molecule has 2 heterocycles. The van der Waals surface area contributed by atoms with Crippen molar-refractivity contribution in [3.05, 3.63) is 45.9 Å². The lowest BCUT2D eigenvalue weighted by Crippen LogP contribution is -2.23. The number of nitrogens with one attached hydrogen (secondary N) is 1. The Morgan fingerprint density at radius 3 is 2.75 bits per heavy atom. The van der Waals surface area contributed by atoms with Gasteiger partial charge >= 0.3 is 0 Å². The van der Waals surface area contributed by atoms with Crippen LogP contribution in [-0.2, 0) is 12.3 Å². The van der Waals surface area contributed by atoms with Crippen molar-refractivity contribution in [3.8, 4) is 0 Å². The molecule has 0 atom stereocenters. The summed E-state index contributed by atoms with van der Waals surface area (Å²) in [6.45, 7) is 2.59. The molecule has 1 fully saturated rings. The number of thioether (sulfide) groups is 1. The number of thiocarbonyl (C=S) groups is 1. The van der Waals surface area contributed by atoms with Crippen LogP contribution in [0, 0.1) is 0 Å². The molecule has 1 aromatic carbocycles. The van der Waals surface area contributed by atoms with Crippen molar-refractivity contribution in [3.63, 3.8) is 0 Å². The molecular weight excluding hydrogens is 360 g/mol. The number of benzene rings is 1. The average Bonchev–Trinajstić information content (AvgIpc) is 3.30. The quantitative estimate of drug-likeness (QED) is 0.807. The van der Waals surface area contributed by atoms with E-state index in [9.17, 15) is 4.79 Å². The van der Waals surface area contributed by atoms with Gasteiger partial charge in [-0.25, -0.2) is 0 Å². The smallest absolute Gasteiger partial charge is 0.282 e. The lowest BCUT2D eigenvalue weighted by atomic mass is 10.2. The molecule has 0 unspecified atom stereocenters. The van der Waals surface area contributed by atoms with Gasteiger partial charge in [-0.3, -0.25) is 4.79 Å². The Morgan fingerprint density at radius 2 is 2.00 bits per heavy atom. The van der Waals surface area contributed by atoms with Crippen LogP contribution in [0.5, 0.6) is 0 Å². The van der Waals surface area contributed by atoms with Gasteiger partial charge in [0, 0.05) is 19.6 Å². The largest absolute Gasteiger partial charge is 0.358 e. The molecule has 1 aliphatic rings. The minimum Gasteiger partial charge on any atom is -0.358 e. The van der Waals surface area contributed by atoms with Crippen molar-refractivity contribution in [1.82, 2.24) is 20.4 Å². The first-order valence-corrected chi connectivity index (χ1v) is 9.99. The second-order valence-corrected chi connectivity index (χ2v) is 8.09. The van der Waals surface area contributed by atoms with Gasteiger partial charge in [0.15, 0.2) is 0 Å². The van der Waals surface area contributed by atoms with Crippen LogP contribution in [0.4, 0.5) is 0 Å². The van der Waals surface area contributed by atoms with Crippen LogP contribution >= 0.6 is 35.3 Å². The highest BCUT2D eigenvalue weighted by Gasteiger charge is 2.17. The minimum atomic E-state index is -0.185. The zero-order valence-corrected chi connectivity index (χ0v) is 15.6. The molecule has 1 aliphatic heterocycles. The lowest BCUT2D eigenvalue weighted by Gasteiger charge is -2.16. The number of likely N-dealkylation sites (tertiary alicyclic amines) is 1. The van der Waals surface area contributed by atoms with Gasteiger partial charge in [0.25, 0.3) is 5.91 Å². The predicted octanol–water partition coefficient (Wildman–Crippen LogP) is 3.08. The normalized spacial score (nSPS) is 13.9. The molecule has 5 nitrogen and oxygen atoms in total. The first kappa shape index (κ1) is 17.3. The van der Waals surface area contributed by atoms with Crippen molar-refractivity contribution >= 4 is 45.5 Å². The molecule has 1 aromatic heterocycles. The molecule has 1 saturated heterocycles. The zero-order chi connectivity index (χ0) is 16.8. The molecule has 0 spiro atoms. The SMILES string of the molecule is O=C(NCc1ccccc1)c1nnc(CSC(=S)N2CCCC2)s1. The van der Waals surface area contributed by atoms with Crippen LogP contribution in [0.3, 0.4) is 0 Å². The number of carbonyl (C=O) groups is 1. The van der Waals surface area contributed by atoms with Crippen molar-refractivity contribution < 1.29 is 4.79 Å². The van der Waals surface area contributed by atoms with E-state index in [2.05, 4.69) is 20.4 Å². The second-order valence-electron chi connectivity index (χ2n) is 5.42. The number of hydrogen-bond donors (Lipinski definition) is 1. The third-order valence-electron chi connectivity index (χ3n) is 3.64. The molecule has 0 radical (unpaired) electrons. The second kappa shape index (κ2) is 8.55. The van der Waals surface area contributed by atoms with Gasteiger partial charge in [0.2, 0.25) is 5.01 Å². The van der Waals surface area contributed by atoms with Crippen molar-refractivity contribution in [1.29, 1.82) is 0 Å². The maximum Gasteiger partial charge on any atom is 0.282 e. The number of aromatic nitrogens is 2. The standard InChI is InChI=1S/C16H18N4OS3/c21-14(17-10-12-6-2-1-3-7-12)15-19-18-13(24-15)11-23-16(22)20-8-4-5-9-20/h1-3,6-7H,4-5,8-11H2,(H,17,21). The summed E-state index contributed by atoms with van der Waals surface area (Å²) in [4.78, 5) is 14.4. The number of hydrogen-bond acceptors (Lipinski definition) is 6. The fraction of sp³-hybridized carbons (Fsp3) is 0.375. The summed E-state index contributed by atoms with van der Waals surface area (Å²) in [5.74, 6) is 0.480. The van der Waals surface area contributed by atoms with E-state index in [0.717, 1.165) is 28.0 Å². The molecule has 1 N–H and O–H groups in total. The number of carbonyl (C=O) groups excluding carboxylic acids is 1. The Kier molecular flexibility index (Phi) is 6.17. The van der Waals surface area contributed by atoms with Crippen LogP contribution < -0.4 is 5.32 Å². The highest BCUT2D eigenvalue weighted by atomic mass is 32.2. The molecule has 0 saturated carbocycles. The number of nitrogens with zero attached hydrogens (tertiary/aromatic N) is 3. The molecular formula is C16H18N4OS3. The van der Waals surface area contributed by atoms with Gasteiger partial charge in [-0.1, -0.05) is 65.6 Å². The van der Waals surface area contributed by atoms with Gasteiger partial charge in [0.1, 0.15) is 9.33 Å². The Morgan fingerprint density at radius 1 is 1.25 bits per heavy atom. The van der Waals surface area contributed by atoms with E-state index in [4.69, 9.17) is 12.2 Å². The number of rotatable bonds is 5. The molecule has 0 aliphatic carbocycles. The highest BCUT2D eigenvalue weighted by Crippen LogP contribution is 2.22. The van der Waals surface area contributed by atoms with Gasteiger partial charge in [0.05, 0.1) is 5.75 Å². The first-order valence-electron chi connectivity index (χ1n) is 7.78. The summed E-state index contributed by atoms with van der Waals surface area (Å²) < 4.78 is 0.915. The van der Waals surface area contributed by atoms with Gasteiger partial charge < -0.3 is 10.2 Å². The molecule has 3 rings (SSSR count). The number of amides is 1. The summed E-state index contributed by atoms with van der Waals surface area (Å²) >= 11 is 8.36. The average molecular weight is 379 g/mol. The van der Waals surface area contributed by atoms with Gasteiger partial charge in [-0.2, -0.15) is 0 Å². The Balaban J connectivity index is 1.47. The topological polar surface area (TPSA) is 58.1 Å². The molecule has 0 bridgehead atoms. The van der Waals surface area contributed by atoms with Gasteiger partial charge in [-0.05, 0) is 18.4 Å². The Labute approximate surface area is 154 Å². The van der Waals surface area contributed by atoms with Crippen LogP contribution in [0.2, 0.25) is 0 Å². The molecule has 126 valence electrons.